The van der Waals surface area contributed by atoms with E-state index in [0.29, 0.717) is 13.1 Å². The molecule has 0 amide bonds. The maximum Gasteiger partial charge on any atom is 0.339 e. The van der Waals surface area contributed by atoms with Crippen LogP contribution in [0, 0.1) is 0 Å². The average molecular weight is 420 g/mol. The van der Waals surface area contributed by atoms with Gasteiger partial charge in [-0.3, -0.25) is 4.98 Å². The minimum absolute atomic E-state index is 0.0124. The van der Waals surface area contributed by atoms with Gasteiger partial charge in [0.05, 0.1) is 6.10 Å². The molecule has 7 heteroatoms. The monoisotopic (exact) mass is 420 g/mol. The summed E-state index contributed by atoms with van der Waals surface area (Å²) in [6.45, 7) is 1.05. The fraction of sp³-hybridized carbons (Fsp3) is 0.250. The Morgan fingerprint density at radius 1 is 1.19 bits per heavy atom. The van der Waals surface area contributed by atoms with Crippen molar-refractivity contribution in [2.45, 2.75) is 25.0 Å². The molecule has 4 rings (SSSR count). The highest BCUT2D eigenvalue weighted by molar-refractivity contribution is 5.91. The third-order valence-electron chi connectivity index (χ3n) is 5.43. The Morgan fingerprint density at radius 2 is 2.00 bits per heavy atom. The van der Waals surface area contributed by atoms with E-state index in [-0.39, 0.29) is 17.4 Å². The fourth-order valence-electron chi connectivity index (χ4n) is 3.73. The molecular weight excluding hydrogens is 396 g/mol. The van der Waals surface area contributed by atoms with Crippen molar-refractivity contribution in [3.05, 3.63) is 77.6 Å². The van der Waals surface area contributed by atoms with E-state index >= 15 is 0 Å². The minimum atomic E-state index is -1.16. The van der Waals surface area contributed by atoms with Gasteiger partial charge in [0.2, 0.25) is 0 Å². The van der Waals surface area contributed by atoms with Gasteiger partial charge < -0.3 is 25.4 Å². The Balaban J connectivity index is 1.36. The number of carbonyl (C=O) groups is 1. The van der Waals surface area contributed by atoms with Crippen LogP contribution < -0.4 is 10.1 Å². The van der Waals surface area contributed by atoms with Crippen LogP contribution in [0.15, 0.2) is 60.9 Å². The zero-order valence-corrected chi connectivity index (χ0v) is 16.9. The molecule has 160 valence electrons. The standard InChI is InChI=1S/C24H24N2O5/c27-21-11-16(4-7-20(21)24(29)30)15-5-8-23-17(10-15)3-6-19(31-23)13-26-14-22(28)18-2-1-9-25-12-18/h1-2,4-5,7-12,19,22,26-28H,3,6,13-14H2,(H,29,30)/t19-,22+/m1/s1. The maximum absolute atomic E-state index is 11.1. The van der Waals surface area contributed by atoms with E-state index in [0.717, 1.165) is 40.8 Å². The second-order valence-electron chi connectivity index (χ2n) is 7.60. The highest BCUT2D eigenvalue weighted by Crippen LogP contribution is 2.33. The number of fused-ring (bicyclic) bond motifs is 1. The largest absolute Gasteiger partial charge is 0.507 e. The second-order valence-corrected chi connectivity index (χ2v) is 7.60. The lowest BCUT2D eigenvalue weighted by Crippen LogP contribution is -2.36. The highest BCUT2D eigenvalue weighted by Gasteiger charge is 2.21. The van der Waals surface area contributed by atoms with E-state index in [9.17, 15) is 15.0 Å². The van der Waals surface area contributed by atoms with E-state index in [4.69, 9.17) is 9.84 Å². The number of aryl methyl sites for hydroxylation is 1. The third-order valence-corrected chi connectivity index (χ3v) is 5.43. The van der Waals surface area contributed by atoms with Gasteiger partial charge in [0.25, 0.3) is 0 Å². The van der Waals surface area contributed by atoms with Gasteiger partial charge in [0.15, 0.2) is 0 Å². The van der Waals surface area contributed by atoms with Gasteiger partial charge in [-0.2, -0.15) is 0 Å². The van der Waals surface area contributed by atoms with Gasteiger partial charge in [-0.1, -0.05) is 18.2 Å². The van der Waals surface area contributed by atoms with Crippen LogP contribution in [0.25, 0.3) is 11.1 Å². The maximum atomic E-state index is 11.1. The lowest BCUT2D eigenvalue weighted by atomic mass is 9.96. The van der Waals surface area contributed by atoms with Crippen LogP contribution in [0.4, 0.5) is 0 Å². The molecule has 1 aliphatic heterocycles. The van der Waals surface area contributed by atoms with Crippen LogP contribution in [0.2, 0.25) is 0 Å². The number of nitrogens with zero attached hydrogens (tertiary/aromatic N) is 1. The van der Waals surface area contributed by atoms with Crippen molar-refractivity contribution in [3.8, 4) is 22.6 Å². The molecule has 2 aromatic carbocycles. The van der Waals surface area contributed by atoms with Crippen LogP contribution in [-0.2, 0) is 6.42 Å². The summed E-state index contributed by atoms with van der Waals surface area (Å²) < 4.78 is 6.10. The minimum Gasteiger partial charge on any atom is -0.507 e. The number of carboxylic acids is 1. The van der Waals surface area contributed by atoms with Gasteiger partial charge in [-0.25, -0.2) is 4.79 Å². The van der Waals surface area contributed by atoms with Gasteiger partial charge in [-0.05, 0) is 59.9 Å². The number of hydrogen-bond acceptors (Lipinski definition) is 6. The molecular formula is C24H24N2O5. The summed E-state index contributed by atoms with van der Waals surface area (Å²) in [6, 6.07) is 14.0. The molecule has 0 bridgehead atoms. The molecule has 1 aliphatic rings. The smallest absolute Gasteiger partial charge is 0.339 e. The zero-order valence-electron chi connectivity index (χ0n) is 16.9. The van der Waals surface area contributed by atoms with Crippen LogP contribution in [-0.4, -0.2) is 45.5 Å². The van der Waals surface area contributed by atoms with E-state index in [1.165, 1.54) is 12.1 Å². The molecule has 0 unspecified atom stereocenters. The number of aromatic hydroxyl groups is 1. The molecule has 2 atom stereocenters. The number of carboxylic acid groups (broad SMARTS) is 1. The summed E-state index contributed by atoms with van der Waals surface area (Å²) in [5, 5.41) is 32.5. The quantitative estimate of drug-likeness (QED) is 0.464. The Hall–Kier alpha value is -3.42. The van der Waals surface area contributed by atoms with Crippen LogP contribution in [0.1, 0.15) is 34.0 Å². The van der Waals surface area contributed by atoms with Crippen LogP contribution >= 0.6 is 0 Å². The molecule has 31 heavy (non-hydrogen) atoms. The number of hydrogen-bond donors (Lipinski definition) is 4. The predicted molar refractivity (Wildman–Crippen MR) is 115 cm³/mol. The van der Waals surface area contributed by atoms with Crippen molar-refractivity contribution in [1.29, 1.82) is 0 Å². The number of aliphatic hydroxyl groups is 1. The third kappa shape index (κ3) is 4.84. The van der Waals surface area contributed by atoms with E-state index in [1.54, 1.807) is 24.5 Å². The summed E-state index contributed by atoms with van der Waals surface area (Å²) in [4.78, 5) is 15.1. The van der Waals surface area contributed by atoms with Crippen LogP contribution in [0.3, 0.4) is 0 Å². The Kier molecular flexibility index (Phi) is 6.16. The lowest BCUT2D eigenvalue weighted by Gasteiger charge is -2.27. The zero-order chi connectivity index (χ0) is 21.8. The number of phenols is 1. The molecule has 7 nitrogen and oxygen atoms in total. The molecule has 1 aromatic heterocycles. The van der Waals surface area contributed by atoms with Crippen molar-refractivity contribution >= 4 is 5.97 Å². The first kappa shape index (κ1) is 20.8. The molecule has 0 aliphatic carbocycles. The number of benzene rings is 2. The molecule has 2 heterocycles. The van der Waals surface area contributed by atoms with E-state index in [2.05, 4.69) is 10.3 Å². The number of aromatic nitrogens is 1. The molecule has 3 aromatic rings. The predicted octanol–water partition coefficient (Wildman–Crippen LogP) is 3.17. The molecule has 0 saturated carbocycles. The number of aliphatic hydroxyl groups excluding tert-OH is 1. The number of rotatable bonds is 7. The average Bonchev–Trinajstić information content (AvgIpc) is 2.79. The number of pyridine rings is 1. The molecule has 0 spiro atoms. The van der Waals surface area contributed by atoms with Crippen molar-refractivity contribution < 1.29 is 24.9 Å². The van der Waals surface area contributed by atoms with Crippen molar-refractivity contribution in [2.24, 2.45) is 0 Å². The first-order chi connectivity index (χ1) is 15.0. The number of nitrogens with one attached hydrogen (secondary N) is 1. The Labute approximate surface area is 180 Å². The molecule has 0 radical (unpaired) electrons. The van der Waals surface area contributed by atoms with E-state index < -0.39 is 12.1 Å². The van der Waals surface area contributed by atoms with Crippen molar-refractivity contribution in [1.82, 2.24) is 10.3 Å². The van der Waals surface area contributed by atoms with Gasteiger partial charge in [0, 0.05) is 31.0 Å². The summed E-state index contributed by atoms with van der Waals surface area (Å²) in [6.07, 6.45) is 4.42. The topological polar surface area (TPSA) is 112 Å². The first-order valence-electron chi connectivity index (χ1n) is 10.2. The summed E-state index contributed by atoms with van der Waals surface area (Å²) in [5.74, 6) is -0.588. The highest BCUT2D eigenvalue weighted by atomic mass is 16.5. The Morgan fingerprint density at radius 3 is 2.74 bits per heavy atom. The first-order valence-corrected chi connectivity index (χ1v) is 10.2. The van der Waals surface area contributed by atoms with E-state index in [1.807, 2.05) is 24.3 Å². The number of ether oxygens (including phenoxy) is 1. The molecule has 4 N–H and O–H groups in total. The van der Waals surface area contributed by atoms with Crippen molar-refractivity contribution in [3.63, 3.8) is 0 Å². The fourth-order valence-corrected chi connectivity index (χ4v) is 3.73. The van der Waals surface area contributed by atoms with Gasteiger partial charge in [0.1, 0.15) is 23.2 Å². The SMILES string of the molecule is O=C(O)c1ccc(-c2ccc3c(c2)CC[C@H](CNC[C@H](O)c2cccnc2)O3)cc1O. The summed E-state index contributed by atoms with van der Waals surface area (Å²) >= 11 is 0. The second kappa shape index (κ2) is 9.16. The van der Waals surface area contributed by atoms with Crippen LogP contribution in [0.5, 0.6) is 11.5 Å². The Bertz CT molecular complexity index is 1070. The van der Waals surface area contributed by atoms with Gasteiger partial charge >= 0.3 is 5.97 Å². The van der Waals surface area contributed by atoms with Crippen molar-refractivity contribution in [2.75, 3.05) is 13.1 Å². The molecule has 0 fully saturated rings. The lowest BCUT2D eigenvalue weighted by molar-refractivity contribution is 0.0693. The summed E-state index contributed by atoms with van der Waals surface area (Å²) in [7, 11) is 0. The summed E-state index contributed by atoms with van der Waals surface area (Å²) in [5.41, 5.74) is 3.38. The normalized spacial score (nSPS) is 16.2. The molecule has 0 saturated heterocycles. The van der Waals surface area contributed by atoms with Gasteiger partial charge in [-0.15, -0.1) is 0 Å². The number of aromatic carboxylic acids is 1.